The van der Waals surface area contributed by atoms with Crippen molar-refractivity contribution in [2.45, 2.75) is 24.9 Å². The summed E-state index contributed by atoms with van der Waals surface area (Å²) < 4.78 is 51.6. The van der Waals surface area contributed by atoms with Gasteiger partial charge in [-0.3, -0.25) is 0 Å². The number of fused-ring (bicyclic) bond motifs is 1. The number of rotatable bonds is 3. The van der Waals surface area contributed by atoms with Gasteiger partial charge in [-0.25, -0.2) is 27.7 Å². The van der Waals surface area contributed by atoms with Crippen LogP contribution in [0.25, 0.3) is 17.0 Å². The van der Waals surface area contributed by atoms with Crippen LogP contribution >= 0.6 is 0 Å². The largest absolute Gasteiger partial charge is 0.495 e. The molecule has 0 aromatic carbocycles. The average molecular weight is 436 g/mol. The molecule has 2 aliphatic rings. The van der Waals surface area contributed by atoms with Gasteiger partial charge in [0.2, 0.25) is 0 Å². The molecule has 11 heteroatoms. The summed E-state index contributed by atoms with van der Waals surface area (Å²) in [6.07, 6.45) is 2.30. The number of methoxy groups -OCH3 is 1. The first-order valence-corrected chi connectivity index (χ1v) is 9.95. The summed E-state index contributed by atoms with van der Waals surface area (Å²) in [5, 5.41) is 7.58. The molecule has 166 valence electrons. The first kappa shape index (κ1) is 21.3. The third-order valence-corrected chi connectivity index (χ3v) is 5.20. The maximum Gasteiger partial charge on any atom is 0.168 e. The van der Waals surface area contributed by atoms with E-state index in [2.05, 4.69) is 20.4 Å². The van der Waals surface area contributed by atoms with Crippen LogP contribution in [0.4, 0.5) is 19.0 Å². The minimum Gasteiger partial charge on any atom is -0.495 e. The Labute approximate surface area is 176 Å². The molecule has 0 spiro atoms. The number of nitrogen functional groups attached to an aromatic ring is 1. The molecule has 0 atom stereocenters. The highest BCUT2D eigenvalue weighted by Gasteiger charge is 2.27. The van der Waals surface area contributed by atoms with Crippen LogP contribution in [-0.4, -0.2) is 59.2 Å². The van der Waals surface area contributed by atoms with Gasteiger partial charge in [-0.1, -0.05) is 0 Å². The van der Waals surface area contributed by atoms with Crippen molar-refractivity contribution in [2.24, 2.45) is 0 Å². The van der Waals surface area contributed by atoms with Crippen LogP contribution in [0.1, 0.15) is 24.5 Å². The van der Waals surface area contributed by atoms with Gasteiger partial charge in [-0.15, -0.1) is 0 Å². The fraction of sp³-hybridized carbons (Fsp3) is 0.450. The lowest BCUT2D eigenvalue weighted by molar-refractivity contribution is 0.00530. The van der Waals surface area contributed by atoms with E-state index < -0.39 is 17.8 Å². The Hall–Kier alpha value is -2.92. The first-order valence-electron chi connectivity index (χ1n) is 9.95. The lowest BCUT2D eigenvalue weighted by Crippen LogP contribution is -2.28. The van der Waals surface area contributed by atoms with Crippen LogP contribution < -0.4 is 15.8 Å². The molecule has 0 aliphatic carbocycles. The Balaban J connectivity index is 0.000000282. The summed E-state index contributed by atoms with van der Waals surface area (Å²) in [6, 6.07) is 2.40. The standard InChI is InChI=1S/C15H13F2N5O2.C5H10FN/c1-23-11-3-12-19-4-10(14-8(16)2-9(17)15(18)20-14)22(12)21-13(11)7-5-24-6-7;6-5-1-3-7-4-2-5/h2-4,7H,5-6H2,1H3,(H2,18,20);5,7H,1-4H2. The van der Waals surface area contributed by atoms with Crippen LogP contribution in [0.3, 0.4) is 0 Å². The van der Waals surface area contributed by atoms with Crippen molar-refractivity contribution in [3.63, 3.8) is 0 Å². The zero-order chi connectivity index (χ0) is 22.0. The van der Waals surface area contributed by atoms with Gasteiger partial charge in [0.05, 0.1) is 32.4 Å². The maximum absolute atomic E-state index is 14.1. The van der Waals surface area contributed by atoms with E-state index in [0.29, 0.717) is 49.2 Å². The minimum atomic E-state index is -0.910. The van der Waals surface area contributed by atoms with Gasteiger partial charge < -0.3 is 20.5 Å². The normalized spacial score (nSPS) is 17.2. The quantitative estimate of drug-likeness (QED) is 0.651. The second-order valence-corrected chi connectivity index (χ2v) is 7.36. The number of anilines is 1. The van der Waals surface area contributed by atoms with Crippen LogP contribution in [-0.2, 0) is 4.74 Å². The minimum absolute atomic E-state index is 0.0932. The topological polar surface area (TPSA) is 99.6 Å². The predicted octanol–water partition coefficient (Wildman–Crippen LogP) is 2.48. The Morgan fingerprint density at radius 3 is 2.52 bits per heavy atom. The smallest absolute Gasteiger partial charge is 0.168 e. The van der Waals surface area contributed by atoms with Gasteiger partial charge in [0.15, 0.2) is 23.1 Å². The van der Waals surface area contributed by atoms with E-state index in [9.17, 15) is 13.2 Å². The molecule has 3 aromatic rings. The van der Waals surface area contributed by atoms with Crippen molar-refractivity contribution in [1.29, 1.82) is 0 Å². The molecule has 0 bridgehead atoms. The number of halogens is 3. The molecule has 0 amide bonds. The zero-order valence-electron chi connectivity index (χ0n) is 16.9. The molecule has 0 saturated carbocycles. The highest BCUT2D eigenvalue weighted by molar-refractivity contribution is 5.62. The fourth-order valence-electron chi connectivity index (χ4n) is 3.36. The fourth-order valence-corrected chi connectivity index (χ4v) is 3.36. The summed E-state index contributed by atoms with van der Waals surface area (Å²) in [5.41, 5.74) is 6.75. The molecule has 5 rings (SSSR count). The molecule has 5 heterocycles. The van der Waals surface area contributed by atoms with Crippen molar-refractivity contribution in [3.8, 4) is 17.1 Å². The summed E-state index contributed by atoms with van der Waals surface area (Å²) >= 11 is 0. The van der Waals surface area contributed by atoms with Crippen LogP contribution in [0, 0.1) is 11.6 Å². The van der Waals surface area contributed by atoms with Gasteiger partial charge in [0.25, 0.3) is 0 Å². The van der Waals surface area contributed by atoms with Crippen LogP contribution in [0.15, 0.2) is 18.3 Å². The monoisotopic (exact) mass is 436 g/mol. The number of piperidine rings is 1. The molecule has 0 radical (unpaired) electrons. The lowest BCUT2D eigenvalue weighted by atomic mass is 10.0. The number of hydrogen-bond acceptors (Lipinski definition) is 7. The molecular weight excluding hydrogens is 413 g/mol. The highest BCUT2D eigenvalue weighted by Crippen LogP contribution is 2.32. The molecule has 0 unspecified atom stereocenters. The molecule has 8 nitrogen and oxygen atoms in total. The number of pyridine rings is 1. The van der Waals surface area contributed by atoms with Crippen molar-refractivity contribution < 1.29 is 22.6 Å². The van der Waals surface area contributed by atoms with E-state index in [0.717, 1.165) is 13.1 Å². The summed E-state index contributed by atoms with van der Waals surface area (Å²) in [6.45, 7) is 2.80. The third-order valence-electron chi connectivity index (χ3n) is 5.20. The van der Waals surface area contributed by atoms with Crippen molar-refractivity contribution >= 4 is 11.5 Å². The number of nitrogens with two attached hydrogens (primary N) is 1. The van der Waals surface area contributed by atoms with Crippen molar-refractivity contribution in [1.82, 2.24) is 24.9 Å². The Bertz CT molecular complexity index is 1070. The van der Waals surface area contributed by atoms with Gasteiger partial charge in [-0.05, 0) is 25.9 Å². The number of hydrogen-bond donors (Lipinski definition) is 2. The molecule has 2 aliphatic heterocycles. The van der Waals surface area contributed by atoms with E-state index in [1.54, 1.807) is 13.2 Å². The number of nitrogens with zero attached hydrogens (tertiary/aromatic N) is 4. The first-order chi connectivity index (χ1) is 15.0. The SMILES string of the molecule is COc1cc2ncc(-c3nc(N)c(F)cc3F)n2nc1C1COC1.FC1CCNCC1. The highest BCUT2D eigenvalue weighted by atomic mass is 19.1. The van der Waals surface area contributed by atoms with Crippen LogP contribution in [0.5, 0.6) is 5.75 Å². The Morgan fingerprint density at radius 1 is 1.19 bits per heavy atom. The molecular formula is C20H23F3N6O2. The molecule has 31 heavy (non-hydrogen) atoms. The number of nitrogens with one attached hydrogen (secondary N) is 1. The second kappa shape index (κ2) is 9.06. The van der Waals surface area contributed by atoms with E-state index in [1.165, 1.54) is 10.7 Å². The predicted molar refractivity (Wildman–Crippen MR) is 108 cm³/mol. The van der Waals surface area contributed by atoms with E-state index in [4.69, 9.17) is 15.2 Å². The van der Waals surface area contributed by atoms with Gasteiger partial charge in [0, 0.05) is 12.1 Å². The summed E-state index contributed by atoms with van der Waals surface area (Å²) in [4.78, 5) is 7.98. The summed E-state index contributed by atoms with van der Waals surface area (Å²) in [7, 11) is 1.54. The Morgan fingerprint density at radius 2 is 1.94 bits per heavy atom. The number of aromatic nitrogens is 4. The zero-order valence-corrected chi connectivity index (χ0v) is 16.9. The number of imidazole rings is 1. The van der Waals surface area contributed by atoms with Gasteiger partial charge in [0.1, 0.15) is 29.0 Å². The molecule has 3 aromatic heterocycles. The lowest BCUT2D eigenvalue weighted by Gasteiger charge is -2.26. The van der Waals surface area contributed by atoms with Crippen LogP contribution in [0.2, 0.25) is 0 Å². The molecule has 3 N–H and O–H groups in total. The van der Waals surface area contributed by atoms with E-state index >= 15 is 0 Å². The van der Waals surface area contributed by atoms with Gasteiger partial charge in [-0.2, -0.15) is 5.10 Å². The average Bonchev–Trinajstić information content (AvgIpc) is 3.12. The third kappa shape index (κ3) is 4.42. The van der Waals surface area contributed by atoms with Gasteiger partial charge >= 0.3 is 0 Å². The van der Waals surface area contributed by atoms with Crippen molar-refractivity contribution in [3.05, 3.63) is 35.7 Å². The number of ether oxygens (including phenoxy) is 2. The second-order valence-electron chi connectivity index (χ2n) is 7.36. The van der Waals surface area contributed by atoms with E-state index in [1.807, 2.05) is 0 Å². The van der Waals surface area contributed by atoms with E-state index in [-0.39, 0.29) is 23.1 Å². The summed E-state index contributed by atoms with van der Waals surface area (Å²) in [5.74, 6) is -1.46. The molecule has 2 fully saturated rings. The number of alkyl halides is 1. The Kier molecular flexibility index (Phi) is 6.23. The van der Waals surface area contributed by atoms with Crippen molar-refractivity contribution in [2.75, 3.05) is 39.1 Å². The molecule has 2 saturated heterocycles. The maximum atomic E-state index is 14.1.